The van der Waals surface area contributed by atoms with Crippen LogP contribution in [0.5, 0.6) is 0 Å². The summed E-state index contributed by atoms with van der Waals surface area (Å²) in [4.78, 5) is 1.99. The van der Waals surface area contributed by atoms with Crippen molar-refractivity contribution < 1.29 is 44.1 Å². The molecule has 3 aliphatic rings. The molecule has 0 aromatic heterocycles. The van der Waals surface area contributed by atoms with E-state index in [1.54, 1.807) is 13.8 Å². The molecular formula is C20H37NO9. The summed E-state index contributed by atoms with van der Waals surface area (Å²) in [5, 5.41) is 40.4. The van der Waals surface area contributed by atoms with Gasteiger partial charge in [0.05, 0.1) is 30.5 Å². The third-order valence-electron chi connectivity index (χ3n) is 6.26. The van der Waals surface area contributed by atoms with Gasteiger partial charge < -0.3 is 49.0 Å². The summed E-state index contributed by atoms with van der Waals surface area (Å²) >= 11 is 0. The van der Waals surface area contributed by atoms with Crippen LogP contribution in [0.15, 0.2) is 0 Å². The summed E-state index contributed by atoms with van der Waals surface area (Å²) in [6.45, 7) is 5.30. The zero-order valence-corrected chi connectivity index (χ0v) is 18.3. The standard InChI is InChI=1S/C20H37NO9/c1-9-18(25)13(22)7-16(27-9)30-20-11(3)28-17(8-14(20)23)29-19-10(2)26-15(24)6-12(19)21(4)5/h9-20,22-25H,6-8H2,1-5H3/t9-,10-,11-,12-,13-,14-,15-,16-,17-,18+,19+,20+/m0/s1. The van der Waals surface area contributed by atoms with Crippen LogP contribution in [-0.2, 0) is 23.7 Å². The zero-order valence-electron chi connectivity index (χ0n) is 18.3. The van der Waals surface area contributed by atoms with Crippen LogP contribution in [-0.4, -0.2) is 113 Å². The fourth-order valence-electron chi connectivity index (χ4n) is 4.51. The van der Waals surface area contributed by atoms with Crippen LogP contribution in [0.3, 0.4) is 0 Å². The minimum absolute atomic E-state index is 0.0567. The lowest BCUT2D eigenvalue weighted by Crippen LogP contribution is -2.58. The van der Waals surface area contributed by atoms with E-state index in [0.717, 1.165) is 0 Å². The highest BCUT2D eigenvalue weighted by Gasteiger charge is 2.45. The van der Waals surface area contributed by atoms with E-state index in [2.05, 4.69) is 0 Å². The summed E-state index contributed by atoms with van der Waals surface area (Å²) in [5.41, 5.74) is 0. The molecule has 3 heterocycles. The Hall–Kier alpha value is -0.400. The van der Waals surface area contributed by atoms with Gasteiger partial charge in [-0.05, 0) is 34.9 Å². The minimum atomic E-state index is -0.963. The van der Waals surface area contributed by atoms with E-state index >= 15 is 0 Å². The Morgan fingerprint density at radius 3 is 1.80 bits per heavy atom. The van der Waals surface area contributed by atoms with Crippen LogP contribution in [0.4, 0.5) is 0 Å². The van der Waals surface area contributed by atoms with Gasteiger partial charge in [0, 0.05) is 25.3 Å². The third-order valence-corrected chi connectivity index (χ3v) is 6.26. The predicted octanol–water partition coefficient (Wildman–Crippen LogP) is -0.833. The second-order valence-corrected chi connectivity index (χ2v) is 8.90. The van der Waals surface area contributed by atoms with Gasteiger partial charge in [0.15, 0.2) is 18.9 Å². The minimum Gasteiger partial charge on any atom is -0.390 e. The number of aliphatic hydroxyl groups is 4. The van der Waals surface area contributed by atoms with Gasteiger partial charge in [-0.1, -0.05) is 0 Å². The lowest BCUT2D eigenvalue weighted by molar-refractivity contribution is -0.328. The van der Waals surface area contributed by atoms with Crippen molar-refractivity contribution in [2.24, 2.45) is 0 Å². The number of likely N-dealkylation sites (N-methyl/N-ethyl adjacent to an activating group) is 1. The number of nitrogens with zero attached hydrogens (tertiary/aromatic N) is 1. The van der Waals surface area contributed by atoms with Crippen molar-refractivity contribution in [3.05, 3.63) is 0 Å². The van der Waals surface area contributed by atoms with Crippen molar-refractivity contribution in [1.29, 1.82) is 0 Å². The molecule has 0 aliphatic carbocycles. The second kappa shape index (κ2) is 10.0. The first-order valence-corrected chi connectivity index (χ1v) is 10.7. The quantitative estimate of drug-likeness (QED) is 0.434. The molecule has 3 saturated heterocycles. The van der Waals surface area contributed by atoms with E-state index in [1.165, 1.54) is 0 Å². The molecule has 3 rings (SSSR count). The maximum Gasteiger partial charge on any atom is 0.161 e. The van der Waals surface area contributed by atoms with Crippen LogP contribution in [0.2, 0.25) is 0 Å². The summed E-state index contributed by atoms with van der Waals surface area (Å²) in [5.74, 6) is 0. The maximum atomic E-state index is 10.7. The smallest absolute Gasteiger partial charge is 0.161 e. The summed E-state index contributed by atoms with van der Waals surface area (Å²) < 4.78 is 29.2. The predicted molar refractivity (Wildman–Crippen MR) is 104 cm³/mol. The van der Waals surface area contributed by atoms with Gasteiger partial charge in [0.25, 0.3) is 0 Å². The second-order valence-electron chi connectivity index (χ2n) is 8.90. The molecule has 3 fully saturated rings. The third kappa shape index (κ3) is 5.50. The van der Waals surface area contributed by atoms with Gasteiger partial charge in [0.1, 0.15) is 18.3 Å². The number of hydrogen-bond acceptors (Lipinski definition) is 10. The van der Waals surface area contributed by atoms with Gasteiger partial charge in [0.2, 0.25) is 0 Å². The Labute approximate surface area is 177 Å². The Morgan fingerprint density at radius 2 is 1.23 bits per heavy atom. The van der Waals surface area contributed by atoms with Gasteiger partial charge >= 0.3 is 0 Å². The van der Waals surface area contributed by atoms with Crippen LogP contribution >= 0.6 is 0 Å². The van der Waals surface area contributed by atoms with Crippen LogP contribution in [0.25, 0.3) is 0 Å². The average molecular weight is 436 g/mol. The van der Waals surface area contributed by atoms with E-state index < -0.39 is 55.5 Å². The first kappa shape index (κ1) is 24.2. The van der Waals surface area contributed by atoms with Gasteiger partial charge in [-0.3, -0.25) is 0 Å². The van der Waals surface area contributed by atoms with Crippen molar-refractivity contribution in [2.75, 3.05) is 14.1 Å². The lowest BCUT2D eigenvalue weighted by atomic mass is 9.97. The molecule has 4 N–H and O–H groups in total. The average Bonchev–Trinajstić information content (AvgIpc) is 2.64. The van der Waals surface area contributed by atoms with Crippen molar-refractivity contribution in [1.82, 2.24) is 4.90 Å². The van der Waals surface area contributed by atoms with Gasteiger partial charge in [-0.2, -0.15) is 0 Å². The summed E-state index contributed by atoms with van der Waals surface area (Å²) in [6, 6.07) is -0.0567. The van der Waals surface area contributed by atoms with Crippen molar-refractivity contribution >= 4 is 0 Å². The molecule has 0 unspecified atom stereocenters. The Balaban J connectivity index is 1.58. The lowest BCUT2D eigenvalue weighted by Gasteiger charge is -2.46. The van der Waals surface area contributed by atoms with Gasteiger partial charge in [-0.15, -0.1) is 0 Å². The SMILES string of the molecule is C[C@@H]1O[C@@H](O[C@@H]2[C@H](C)O[C@@H](O[C@@H]3[C@H](C)O[C@H](O)C[C@@H]3N(C)C)C[C@@H]2O)C[C@H](O)[C@@H]1O. The number of ether oxygens (including phenoxy) is 5. The Bertz CT molecular complexity index is 528. The monoisotopic (exact) mass is 435 g/mol. The van der Waals surface area contributed by atoms with Crippen molar-refractivity contribution in [3.8, 4) is 0 Å². The highest BCUT2D eigenvalue weighted by Crippen LogP contribution is 2.32. The van der Waals surface area contributed by atoms with Crippen molar-refractivity contribution in [2.45, 2.75) is 114 Å². The molecule has 0 aromatic carbocycles. The van der Waals surface area contributed by atoms with E-state index in [4.69, 9.17) is 23.7 Å². The molecule has 3 aliphatic heterocycles. The van der Waals surface area contributed by atoms with Crippen molar-refractivity contribution in [3.63, 3.8) is 0 Å². The van der Waals surface area contributed by atoms with Crippen LogP contribution in [0, 0.1) is 0 Å². The topological polar surface area (TPSA) is 130 Å². The molecule has 12 atom stereocenters. The molecule has 0 bridgehead atoms. The first-order valence-electron chi connectivity index (χ1n) is 10.7. The first-order chi connectivity index (χ1) is 14.1. The molecule has 10 nitrogen and oxygen atoms in total. The van der Waals surface area contributed by atoms with Crippen LogP contribution in [0.1, 0.15) is 40.0 Å². The Kier molecular flexibility index (Phi) is 8.11. The molecule has 0 spiro atoms. The number of hydrogen-bond donors (Lipinski definition) is 4. The van der Waals surface area contributed by atoms with E-state index in [9.17, 15) is 20.4 Å². The fraction of sp³-hybridized carbons (Fsp3) is 1.00. The number of rotatable bonds is 5. The Morgan fingerprint density at radius 1 is 0.700 bits per heavy atom. The maximum absolute atomic E-state index is 10.7. The largest absolute Gasteiger partial charge is 0.390 e. The van der Waals surface area contributed by atoms with E-state index in [-0.39, 0.29) is 31.1 Å². The molecular weight excluding hydrogens is 398 g/mol. The zero-order chi connectivity index (χ0) is 22.2. The molecule has 0 amide bonds. The fourth-order valence-corrected chi connectivity index (χ4v) is 4.51. The van der Waals surface area contributed by atoms with E-state index in [1.807, 2.05) is 25.9 Å². The number of aliphatic hydroxyl groups excluding tert-OH is 4. The summed E-state index contributed by atoms with van der Waals surface area (Å²) in [7, 11) is 3.84. The van der Waals surface area contributed by atoms with Crippen LogP contribution < -0.4 is 0 Å². The molecule has 0 radical (unpaired) electrons. The molecule has 0 saturated carbocycles. The summed E-state index contributed by atoms with van der Waals surface area (Å²) in [6.07, 6.45) is -6.63. The normalized spacial score (nSPS) is 50.6. The molecule has 0 aromatic rings. The van der Waals surface area contributed by atoms with E-state index in [0.29, 0.717) is 6.42 Å². The molecule has 10 heteroatoms. The highest BCUT2D eigenvalue weighted by atomic mass is 16.7. The van der Waals surface area contributed by atoms with Gasteiger partial charge in [-0.25, -0.2) is 0 Å². The highest BCUT2D eigenvalue weighted by molar-refractivity contribution is 4.90. The molecule has 30 heavy (non-hydrogen) atoms. The molecule has 176 valence electrons.